The molecule has 1 spiro atoms. The lowest BCUT2D eigenvalue weighted by atomic mass is 9.71. The van der Waals surface area contributed by atoms with Crippen LogP contribution in [0.4, 0.5) is 10.6 Å². The third-order valence-corrected chi connectivity index (χ3v) is 6.41. The van der Waals surface area contributed by atoms with Crippen LogP contribution in [0.5, 0.6) is 11.6 Å². The highest BCUT2D eigenvalue weighted by Crippen LogP contribution is 2.48. The number of hydrogen-bond donors (Lipinski definition) is 3. The van der Waals surface area contributed by atoms with Crippen molar-refractivity contribution >= 4 is 11.8 Å². The van der Waals surface area contributed by atoms with E-state index >= 15 is 0 Å². The molecule has 2 aromatic carbocycles. The highest BCUT2D eigenvalue weighted by molar-refractivity contribution is 5.90. The molecule has 1 aliphatic carbocycles. The van der Waals surface area contributed by atoms with Crippen molar-refractivity contribution in [1.29, 1.82) is 0 Å². The summed E-state index contributed by atoms with van der Waals surface area (Å²) < 4.78 is 13.2. The van der Waals surface area contributed by atoms with E-state index in [1.807, 2.05) is 61.5 Å². The van der Waals surface area contributed by atoms with Crippen LogP contribution in [-0.2, 0) is 0 Å². The SMILES string of the molecule is COc1nn(-c2ccccc2)c(NC(=O)NC2c3ccccc3OC3(CCC3)[C@H]2O)c1C. The quantitative estimate of drug-likeness (QED) is 0.581. The van der Waals surface area contributed by atoms with Gasteiger partial charge in [0.2, 0.25) is 5.88 Å². The smallest absolute Gasteiger partial charge is 0.320 e. The average Bonchev–Trinajstić information content (AvgIpc) is 3.10. The molecular weight excluding hydrogens is 408 g/mol. The maximum Gasteiger partial charge on any atom is 0.320 e. The van der Waals surface area contributed by atoms with Crippen molar-refractivity contribution in [3.05, 3.63) is 65.7 Å². The number of carbonyl (C=O) groups is 1. The zero-order valence-electron chi connectivity index (χ0n) is 18.0. The third kappa shape index (κ3) is 3.27. The van der Waals surface area contributed by atoms with Gasteiger partial charge in [0.15, 0.2) is 0 Å². The summed E-state index contributed by atoms with van der Waals surface area (Å²) in [7, 11) is 1.54. The number of aliphatic hydroxyl groups excluding tert-OH is 1. The van der Waals surface area contributed by atoms with Crippen LogP contribution in [-0.4, -0.2) is 39.7 Å². The normalized spacial score (nSPS) is 20.6. The first-order chi connectivity index (χ1) is 15.5. The van der Waals surface area contributed by atoms with Gasteiger partial charge in [-0.1, -0.05) is 36.4 Å². The lowest BCUT2D eigenvalue weighted by Gasteiger charge is -2.51. The van der Waals surface area contributed by atoms with Gasteiger partial charge in [0.1, 0.15) is 23.3 Å². The minimum Gasteiger partial charge on any atom is -0.484 e. The maximum absolute atomic E-state index is 13.1. The Kier molecular flexibility index (Phi) is 5.01. The summed E-state index contributed by atoms with van der Waals surface area (Å²) in [4.78, 5) is 13.1. The van der Waals surface area contributed by atoms with Crippen molar-refractivity contribution in [3.8, 4) is 17.3 Å². The van der Waals surface area contributed by atoms with Crippen molar-refractivity contribution in [2.24, 2.45) is 0 Å². The van der Waals surface area contributed by atoms with Crippen LogP contribution in [0, 0.1) is 6.92 Å². The summed E-state index contributed by atoms with van der Waals surface area (Å²) in [6.45, 7) is 1.84. The van der Waals surface area contributed by atoms with Gasteiger partial charge in [-0.2, -0.15) is 0 Å². The van der Waals surface area contributed by atoms with Crippen molar-refractivity contribution < 1.29 is 19.4 Å². The fourth-order valence-corrected chi connectivity index (χ4v) is 4.52. The van der Waals surface area contributed by atoms with Gasteiger partial charge >= 0.3 is 6.03 Å². The fraction of sp³-hybridized carbons (Fsp3) is 0.333. The van der Waals surface area contributed by atoms with Gasteiger partial charge in [-0.3, -0.25) is 5.32 Å². The van der Waals surface area contributed by atoms with Gasteiger partial charge in [-0.05, 0) is 44.4 Å². The number of fused-ring (bicyclic) bond motifs is 1. The largest absolute Gasteiger partial charge is 0.484 e. The number of nitrogens with zero attached hydrogens (tertiary/aromatic N) is 2. The molecule has 2 atom stereocenters. The minimum absolute atomic E-state index is 0.425. The fourth-order valence-electron chi connectivity index (χ4n) is 4.52. The molecule has 1 saturated carbocycles. The number of methoxy groups -OCH3 is 1. The van der Waals surface area contributed by atoms with Crippen molar-refractivity contribution in [3.63, 3.8) is 0 Å². The number of benzene rings is 2. The van der Waals surface area contributed by atoms with Crippen LogP contribution in [0.15, 0.2) is 54.6 Å². The zero-order chi connectivity index (χ0) is 22.3. The second kappa shape index (κ2) is 7.87. The average molecular weight is 434 g/mol. The molecule has 1 aromatic heterocycles. The molecule has 1 fully saturated rings. The second-order valence-corrected chi connectivity index (χ2v) is 8.31. The van der Waals surface area contributed by atoms with Gasteiger partial charge in [-0.15, -0.1) is 5.10 Å². The van der Waals surface area contributed by atoms with Gasteiger partial charge < -0.3 is 19.9 Å². The molecule has 8 heteroatoms. The van der Waals surface area contributed by atoms with Crippen LogP contribution in [0.2, 0.25) is 0 Å². The molecule has 0 radical (unpaired) electrons. The Morgan fingerprint density at radius 1 is 1.19 bits per heavy atom. The van der Waals surface area contributed by atoms with E-state index in [1.165, 1.54) is 0 Å². The van der Waals surface area contributed by atoms with Crippen molar-refractivity contribution in [2.75, 3.05) is 12.4 Å². The number of urea groups is 1. The topological polar surface area (TPSA) is 97.6 Å². The van der Waals surface area contributed by atoms with Gasteiger partial charge in [-0.25, -0.2) is 9.48 Å². The Balaban J connectivity index is 1.44. The summed E-state index contributed by atoms with van der Waals surface area (Å²) in [5.41, 5.74) is 1.62. The van der Waals surface area contributed by atoms with Crippen molar-refractivity contribution in [2.45, 2.75) is 43.9 Å². The summed E-state index contributed by atoms with van der Waals surface area (Å²) in [5, 5.41) is 21.5. The predicted molar refractivity (Wildman–Crippen MR) is 119 cm³/mol. The Bertz CT molecular complexity index is 1140. The van der Waals surface area contributed by atoms with Crippen LogP contribution in [0.1, 0.15) is 36.4 Å². The number of rotatable bonds is 4. The maximum atomic E-state index is 13.1. The first-order valence-corrected chi connectivity index (χ1v) is 10.7. The number of anilines is 1. The number of nitrogens with one attached hydrogen (secondary N) is 2. The van der Waals surface area contributed by atoms with Crippen LogP contribution in [0.3, 0.4) is 0 Å². The molecule has 32 heavy (non-hydrogen) atoms. The van der Waals surface area contributed by atoms with Crippen LogP contribution >= 0.6 is 0 Å². The summed E-state index contributed by atoms with van der Waals surface area (Å²) >= 11 is 0. The third-order valence-electron chi connectivity index (χ3n) is 6.41. The lowest BCUT2D eigenvalue weighted by molar-refractivity contribution is -0.130. The zero-order valence-corrected chi connectivity index (χ0v) is 18.0. The summed E-state index contributed by atoms with van der Waals surface area (Å²) in [6.07, 6.45) is 1.68. The Hall–Kier alpha value is -3.52. The Morgan fingerprint density at radius 3 is 2.59 bits per heavy atom. The first-order valence-electron chi connectivity index (χ1n) is 10.7. The number of aliphatic hydroxyl groups is 1. The highest BCUT2D eigenvalue weighted by atomic mass is 16.5. The van der Waals surface area contributed by atoms with E-state index in [2.05, 4.69) is 15.7 Å². The molecule has 0 bridgehead atoms. The Morgan fingerprint density at radius 2 is 1.91 bits per heavy atom. The lowest BCUT2D eigenvalue weighted by Crippen LogP contribution is -2.60. The number of ether oxygens (including phenoxy) is 2. The monoisotopic (exact) mass is 434 g/mol. The van der Waals surface area contributed by atoms with E-state index in [1.54, 1.807) is 11.8 Å². The molecule has 3 N–H and O–H groups in total. The molecule has 2 heterocycles. The van der Waals surface area contributed by atoms with Gasteiger partial charge in [0.25, 0.3) is 0 Å². The summed E-state index contributed by atoms with van der Waals surface area (Å²) in [5.74, 6) is 1.63. The highest BCUT2D eigenvalue weighted by Gasteiger charge is 2.53. The molecule has 166 valence electrons. The number of aromatic nitrogens is 2. The molecule has 2 amide bonds. The molecule has 1 unspecified atom stereocenters. The first kappa shape index (κ1) is 20.4. The molecule has 8 nitrogen and oxygen atoms in total. The Labute approximate surface area is 186 Å². The molecule has 0 saturated heterocycles. The second-order valence-electron chi connectivity index (χ2n) is 8.31. The van der Waals surface area contributed by atoms with E-state index in [9.17, 15) is 9.90 Å². The predicted octanol–water partition coefficient (Wildman–Crippen LogP) is 3.73. The molecule has 1 aliphatic heterocycles. The number of amides is 2. The van der Waals surface area contributed by atoms with Crippen LogP contribution in [0.25, 0.3) is 5.69 Å². The van der Waals surface area contributed by atoms with E-state index in [-0.39, 0.29) is 0 Å². The molecule has 5 rings (SSSR count). The summed E-state index contributed by atoms with van der Waals surface area (Å²) in [6, 6.07) is 16.0. The molecule has 3 aromatic rings. The van der Waals surface area contributed by atoms with Crippen molar-refractivity contribution in [1.82, 2.24) is 15.1 Å². The van der Waals surface area contributed by atoms with Crippen LogP contribution < -0.4 is 20.1 Å². The standard InChI is InChI=1S/C24H26N4O4/c1-15-21(28(27-22(15)31-2)16-9-4-3-5-10-16)26-23(30)25-19-17-11-6-7-12-18(17)32-24(20(19)29)13-8-14-24/h3-7,9-12,19-20,29H,8,13-14H2,1-2H3,(H2,25,26,30)/t19?,20-/m0/s1. The number of hydrogen-bond acceptors (Lipinski definition) is 5. The van der Waals surface area contributed by atoms with E-state index in [0.717, 1.165) is 30.5 Å². The van der Waals surface area contributed by atoms with E-state index in [0.29, 0.717) is 23.0 Å². The molecule has 2 aliphatic rings. The molecular formula is C24H26N4O4. The van der Waals surface area contributed by atoms with Gasteiger partial charge in [0, 0.05) is 5.56 Å². The van der Waals surface area contributed by atoms with Gasteiger partial charge in [0.05, 0.1) is 24.4 Å². The van der Waals surface area contributed by atoms with E-state index < -0.39 is 23.8 Å². The number of para-hydroxylation sites is 2. The minimum atomic E-state index is -0.841. The number of carbonyl (C=O) groups excluding carboxylic acids is 1. The van der Waals surface area contributed by atoms with E-state index in [4.69, 9.17) is 9.47 Å².